The summed E-state index contributed by atoms with van der Waals surface area (Å²) in [6.07, 6.45) is 1.59. The lowest BCUT2D eigenvalue weighted by atomic mass is 10.0. The molecule has 0 fully saturated rings. The molecular weight excluding hydrogens is 272 g/mol. The number of thiocarbonyl (C=S) groups is 1. The summed E-state index contributed by atoms with van der Waals surface area (Å²) < 4.78 is 1.65. The van der Waals surface area contributed by atoms with Crippen LogP contribution in [0.2, 0.25) is 0 Å². The number of aryl methyl sites for hydroxylation is 3. The molecule has 6 nitrogen and oxygen atoms in total. The van der Waals surface area contributed by atoms with E-state index in [9.17, 15) is 0 Å². The van der Waals surface area contributed by atoms with Crippen LogP contribution in [0.1, 0.15) is 42.3 Å². The van der Waals surface area contributed by atoms with E-state index >= 15 is 0 Å². The Hall–Kier alpha value is -1.89. The average Bonchev–Trinajstić information content (AvgIpc) is 2.75. The van der Waals surface area contributed by atoms with E-state index in [0.29, 0.717) is 16.6 Å². The van der Waals surface area contributed by atoms with Crippen molar-refractivity contribution < 1.29 is 0 Å². The minimum Gasteiger partial charge on any atom is -0.389 e. The zero-order chi connectivity index (χ0) is 14.9. The molecule has 2 N–H and O–H groups in total. The summed E-state index contributed by atoms with van der Waals surface area (Å²) in [5.74, 6) is 1.97. The SMILES string of the molecule is CCc1nnc(-n2nc(C)nc2C)c(C(N)=S)c1CC. The molecule has 0 aromatic carbocycles. The number of rotatable bonds is 4. The minimum absolute atomic E-state index is 0.314. The Labute approximate surface area is 123 Å². The van der Waals surface area contributed by atoms with Gasteiger partial charge >= 0.3 is 0 Å². The normalized spacial score (nSPS) is 10.8. The van der Waals surface area contributed by atoms with Gasteiger partial charge in [-0.3, -0.25) is 0 Å². The predicted octanol–water partition coefficient (Wildman–Crippen LogP) is 1.43. The fourth-order valence-corrected chi connectivity index (χ4v) is 2.51. The number of aromatic nitrogens is 5. The molecule has 20 heavy (non-hydrogen) atoms. The van der Waals surface area contributed by atoms with Crippen molar-refractivity contribution in [2.75, 3.05) is 0 Å². The molecule has 0 unspecified atom stereocenters. The Morgan fingerprint density at radius 3 is 2.35 bits per heavy atom. The standard InChI is InChI=1S/C13H18N6S/c1-5-9-10(6-2)16-17-13(11(9)12(14)20)19-8(4)15-7(3)18-19/h5-6H2,1-4H3,(H2,14,20). The van der Waals surface area contributed by atoms with Gasteiger partial charge in [0.2, 0.25) is 0 Å². The van der Waals surface area contributed by atoms with Crippen molar-refractivity contribution in [3.8, 4) is 5.82 Å². The van der Waals surface area contributed by atoms with Crippen LogP contribution >= 0.6 is 12.2 Å². The minimum atomic E-state index is 0.314. The van der Waals surface area contributed by atoms with Crippen LogP contribution in [0.5, 0.6) is 0 Å². The number of hydrogen-bond acceptors (Lipinski definition) is 5. The monoisotopic (exact) mass is 290 g/mol. The Kier molecular flexibility index (Phi) is 4.08. The van der Waals surface area contributed by atoms with Gasteiger partial charge in [0.1, 0.15) is 16.6 Å². The highest BCUT2D eigenvalue weighted by molar-refractivity contribution is 7.80. The van der Waals surface area contributed by atoms with Crippen LogP contribution in [0.25, 0.3) is 5.82 Å². The van der Waals surface area contributed by atoms with Crippen molar-refractivity contribution in [1.82, 2.24) is 25.0 Å². The molecule has 2 rings (SSSR count). The molecule has 0 bridgehead atoms. The van der Waals surface area contributed by atoms with Gasteiger partial charge in [-0.1, -0.05) is 26.1 Å². The zero-order valence-electron chi connectivity index (χ0n) is 12.1. The van der Waals surface area contributed by atoms with Crippen LogP contribution in [0, 0.1) is 13.8 Å². The molecule has 106 valence electrons. The Morgan fingerprint density at radius 2 is 1.90 bits per heavy atom. The van der Waals surface area contributed by atoms with Gasteiger partial charge in [-0.05, 0) is 32.3 Å². The third-order valence-electron chi connectivity index (χ3n) is 3.15. The Bertz CT molecular complexity index is 661. The van der Waals surface area contributed by atoms with Crippen LogP contribution in [-0.4, -0.2) is 30.0 Å². The van der Waals surface area contributed by atoms with Gasteiger partial charge < -0.3 is 5.73 Å². The van der Waals surface area contributed by atoms with Crippen LogP contribution in [0.3, 0.4) is 0 Å². The largest absolute Gasteiger partial charge is 0.389 e. The van der Waals surface area contributed by atoms with Gasteiger partial charge in [0, 0.05) is 0 Å². The van der Waals surface area contributed by atoms with Crippen molar-refractivity contribution in [2.45, 2.75) is 40.5 Å². The Balaban J connectivity index is 2.77. The van der Waals surface area contributed by atoms with Gasteiger partial charge in [0.15, 0.2) is 5.82 Å². The van der Waals surface area contributed by atoms with Crippen LogP contribution in [0.15, 0.2) is 0 Å². The first-order valence-corrected chi connectivity index (χ1v) is 6.99. The van der Waals surface area contributed by atoms with Gasteiger partial charge in [-0.25, -0.2) is 4.98 Å². The lowest BCUT2D eigenvalue weighted by Crippen LogP contribution is -2.21. The molecule has 0 atom stereocenters. The molecular formula is C13H18N6S. The maximum atomic E-state index is 5.91. The van der Waals surface area contributed by atoms with Crippen molar-refractivity contribution in [2.24, 2.45) is 5.73 Å². The van der Waals surface area contributed by atoms with Gasteiger partial charge in [-0.15, -0.1) is 10.2 Å². The molecule has 2 aromatic heterocycles. The zero-order valence-corrected chi connectivity index (χ0v) is 13.0. The first-order chi connectivity index (χ1) is 9.49. The van der Waals surface area contributed by atoms with Gasteiger partial charge in [-0.2, -0.15) is 9.78 Å². The number of nitrogens with two attached hydrogens (primary N) is 1. The lowest BCUT2D eigenvalue weighted by molar-refractivity contribution is 0.755. The molecule has 7 heteroatoms. The predicted molar refractivity (Wildman–Crippen MR) is 81.1 cm³/mol. The van der Waals surface area contributed by atoms with E-state index in [2.05, 4.69) is 27.2 Å². The van der Waals surface area contributed by atoms with Crippen LogP contribution < -0.4 is 5.73 Å². The number of nitrogens with zero attached hydrogens (tertiary/aromatic N) is 5. The highest BCUT2D eigenvalue weighted by Crippen LogP contribution is 2.20. The lowest BCUT2D eigenvalue weighted by Gasteiger charge is -2.14. The fourth-order valence-electron chi connectivity index (χ4n) is 2.29. The molecule has 0 saturated heterocycles. The van der Waals surface area contributed by atoms with E-state index in [1.165, 1.54) is 0 Å². The smallest absolute Gasteiger partial charge is 0.188 e. The van der Waals surface area contributed by atoms with Crippen LogP contribution in [-0.2, 0) is 12.8 Å². The summed E-state index contributed by atoms with van der Waals surface area (Å²) in [5.41, 5.74) is 8.63. The third-order valence-corrected chi connectivity index (χ3v) is 3.35. The summed E-state index contributed by atoms with van der Waals surface area (Å²) in [4.78, 5) is 4.60. The van der Waals surface area contributed by atoms with E-state index < -0.39 is 0 Å². The van der Waals surface area contributed by atoms with Crippen molar-refractivity contribution >= 4 is 17.2 Å². The third kappa shape index (κ3) is 2.40. The van der Waals surface area contributed by atoms with E-state index in [1.54, 1.807) is 4.68 Å². The van der Waals surface area contributed by atoms with Crippen molar-refractivity contribution in [3.05, 3.63) is 28.5 Å². The molecule has 0 radical (unpaired) electrons. The van der Waals surface area contributed by atoms with E-state index in [1.807, 2.05) is 20.8 Å². The summed E-state index contributed by atoms with van der Waals surface area (Å²) in [6, 6.07) is 0. The topological polar surface area (TPSA) is 82.5 Å². The van der Waals surface area contributed by atoms with E-state index in [4.69, 9.17) is 18.0 Å². The van der Waals surface area contributed by atoms with Crippen molar-refractivity contribution in [1.29, 1.82) is 0 Å². The molecule has 0 saturated carbocycles. The maximum absolute atomic E-state index is 5.91. The van der Waals surface area contributed by atoms with Crippen LogP contribution in [0.4, 0.5) is 0 Å². The first-order valence-electron chi connectivity index (χ1n) is 6.58. The fraction of sp³-hybridized carbons (Fsp3) is 0.462. The second kappa shape index (κ2) is 5.62. The molecule has 0 spiro atoms. The van der Waals surface area contributed by atoms with Crippen molar-refractivity contribution in [3.63, 3.8) is 0 Å². The van der Waals surface area contributed by atoms with E-state index in [0.717, 1.165) is 35.5 Å². The molecule has 0 aliphatic carbocycles. The van der Waals surface area contributed by atoms with Gasteiger partial charge in [0.25, 0.3) is 0 Å². The highest BCUT2D eigenvalue weighted by Gasteiger charge is 2.20. The second-order valence-electron chi connectivity index (χ2n) is 4.51. The molecule has 2 heterocycles. The quantitative estimate of drug-likeness (QED) is 0.858. The maximum Gasteiger partial charge on any atom is 0.188 e. The molecule has 0 aliphatic rings. The van der Waals surface area contributed by atoms with Gasteiger partial charge in [0.05, 0.1) is 11.3 Å². The summed E-state index contributed by atoms with van der Waals surface area (Å²) in [6.45, 7) is 7.79. The average molecular weight is 290 g/mol. The summed E-state index contributed by atoms with van der Waals surface area (Å²) in [5, 5.41) is 12.9. The van der Waals surface area contributed by atoms with E-state index in [-0.39, 0.29) is 0 Å². The summed E-state index contributed by atoms with van der Waals surface area (Å²) >= 11 is 5.21. The molecule has 0 aliphatic heterocycles. The molecule has 0 amide bonds. The number of hydrogen-bond donors (Lipinski definition) is 1. The second-order valence-corrected chi connectivity index (χ2v) is 4.95. The summed E-state index contributed by atoms with van der Waals surface area (Å²) in [7, 11) is 0. The Morgan fingerprint density at radius 1 is 1.20 bits per heavy atom. The highest BCUT2D eigenvalue weighted by atomic mass is 32.1. The first kappa shape index (κ1) is 14.5. The molecule has 2 aromatic rings.